The molecule has 0 amide bonds. The van der Waals surface area contributed by atoms with Gasteiger partial charge in [0.05, 0.1) is 0 Å². The maximum Gasteiger partial charge on any atom is 0.320 e. The third-order valence-corrected chi connectivity index (χ3v) is 4.84. The van der Waals surface area contributed by atoms with E-state index in [0.29, 0.717) is 24.6 Å². The van der Waals surface area contributed by atoms with Crippen LogP contribution in [-0.2, 0) is 17.8 Å². The summed E-state index contributed by atoms with van der Waals surface area (Å²) >= 11 is 0. The molecule has 3 N–H and O–H groups in total. The minimum atomic E-state index is -0.979. The van der Waals surface area contributed by atoms with Crippen LogP contribution in [0.2, 0.25) is 0 Å². The molecule has 1 aliphatic carbocycles. The molecular weight excluding hydrogens is 318 g/mol. The van der Waals surface area contributed by atoms with Crippen LogP contribution < -0.4 is 5.73 Å². The molecule has 134 valence electrons. The molecule has 3 rings (SSSR count). The molecule has 2 aromatic heterocycles. The van der Waals surface area contributed by atoms with Crippen LogP contribution in [0.3, 0.4) is 0 Å². The monoisotopic (exact) mass is 343 g/mol. The minimum absolute atomic E-state index is 0.356. The Morgan fingerprint density at radius 1 is 1.28 bits per heavy atom. The van der Waals surface area contributed by atoms with Crippen LogP contribution in [0.25, 0.3) is 11.4 Å². The van der Waals surface area contributed by atoms with Crippen molar-refractivity contribution in [2.75, 3.05) is 0 Å². The van der Waals surface area contributed by atoms with Crippen molar-refractivity contribution in [3.8, 4) is 11.4 Å². The van der Waals surface area contributed by atoms with Crippen molar-refractivity contribution >= 4 is 5.97 Å². The number of nitrogens with two attached hydrogens (primary N) is 1. The number of hydrogen-bond donors (Lipinski definition) is 2. The lowest BCUT2D eigenvalue weighted by Gasteiger charge is -2.22. The van der Waals surface area contributed by atoms with Gasteiger partial charge in [0.25, 0.3) is 0 Å². The second-order valence-electron chi connectivity index (χ2n) is 6.76. The molecular formula is C18H25N5O2. The summed E-state index contributed by atoms with van der Waals surface area (Å²) in [5.41, 5.74) is 6.57. The molecule has 0 saturated heterocycles. The minimum Gasteiger partial charge on any atom is -0.480 e. The number of carbonyl (C=O) groups is 1. The normalized spacial score (nSPS) is 16.7. The largest absolute Gasteiger partial charge is 0.480 e. The fourth-order valence-electron chi connectivity index (χ4n) is 3.35. The third-order valence-electron chi connectivity index (χ3n) is 4.84. The van der Waals surface area contributed by atoms with Gasteiger partial charge in [0.15, 0.2) is 5.82 Å². The maximum absolute atomic E-state index is 11.0. The van der Waals surface area contributed by atoms with E-state index >= 15 is 0 Å². The molecule has 0 aliphatic heterocycles. The van der Waals surface area contributed by atoms with E-state index in [-0.39, 0.29) is 0 Å². The van der Waals surface area contributed by atoms with Gasteiger partial charge in [-0.05, 0) is 37.3 Å². The Balaban J connectivity index is 1.79. The molecule has 1 atom stereocenters. The highest BCUT2D eigenvalue weighted by atomic mass is 16.4. The standard InChI is InChI=1S/C18H25N5O2/c19-15(18(24)25)6-7-16-21-17(14-8-10-20-11-9-14)22-23(16)12-13-4-2-1-3-5-13/h8-11,13,15H,1-7,12,19H2,(H,24,25)/t15-/m0/s1. The molecule has 7 nitrogen and oxygen atoms in total. The summed E-state index contributed by atoms with van der Waals surface area (Å²) in [5.74, 6) is 1.12. The molecule has 2 heterocycles. The van der Waals surface area contributed by atoms with Gasteiger partial charge in [-0.15, -0.1) is 0 Å². The van der Waals surface area contributed by atoms with Crippen molar-refractivity contribution in [1.82, 2.24) is 19.7 Å². The van der Waals surface area contributed by atoms with E-state index in [1.165, 1.54) is 32.1 Å². The predicted octanol–water partition coefficient (Wildman–Crippen LogP) is 2.26. The van der Waals surface area contributed by atoms with Crippen LogP contribution >= 0.6 is 0 Å². The van der Waals surface area contributed by atoms with Crippen LogP contribution in [0.5, 0.6) is 0 Å². The van der Waals surface area contributed by atoms with Crippen molar-refractivity contribution in [2.45, 2.75) is 57.5 Å². The molecule has 0 aromatic carbocycles. The number of carboxylic acids is 1. The number of nitrogens with zero attached hydrogens (tertiary/aromatic N) is 4. The lowest BCUT2D eigenvalue weighted by atomic mass is 9.89. The van der Waals surface area contributed by atoms with E-state index in [0.717, 1.165) is 17.9 Å². The quantitative estimate of drug-likeness (QED) is 0.798. The number of aromatic nitrogens is 4. The Labute approximate surface area is 147 Å². The fraction of sp³-hybridized carbons (Fsp3) is 0.556. The molecule has 1 aliphatic rings. The van der Waals surface area contributed by atoms with E-state index in [1.807, 2.05) is 16.8 Å². The van der Waals surface area contributed by atoms with Crippen molar-refractivity contribution in [3.63, 3.8) is 0 Å². The zero-order valence-electron chi connectivity index (χ0n) is 14.3. The van der Waals surface area contributed by atoms with Gasteiger partial charge in [0.1, 0.15) is 11.9 Å². The van der Waals surface area contributed by atoms with E-state index < -0.39 is 12.0 Å². The lowest BCUT2D eigenvalue weighted by molar-refractivity contribution is -0.138. The number of rotatable bonds is 7. The second kappa shape index (κ2) is 8.20. The topological polar surface area (TPSA) is 107 Å². The van der Waals surface area contributed by atoms with Gasteiger partial charge in [0.2, 0.25) is 0 Å². The Hall–Kier alpha value is -2.28. The molecule has 2 aromatic rings. The zero-order valence-corrected chi connectivity index (χ0v) is 14.3. The smallest absolute Gasteiger partial charge is 0.320 e. The average Bonchev–Trinajstić information content (AvgIpc) is 3.04. The summed E-state index contributed by atoms with van der Waals surface area (Å²) in [5, 5.41) is 13.7. The predicted molar refractivity (Wildman–Crippen MR) is 93.8 cm³/mol. The highest BCUT2D eigenvalue weighted by Crippen LogP contribution is 2.26. The summed E-state index contributed by atoms with van der Waals surface area (Å²) in [6.45, 7) is 0.843. The van der Waals surface area contributed by atoms with Crippen molar-refractivity contribution in [2.24, 2.45) is 11.7 Å². The van der Waals surface area contributed by atoms with Gasteiger partial charge in [-0.1, -0.05) is 19.3 Å². The number of carboxylic acid groups (broad SMARTS) is 1. The first-order chi connectivity index (χ1) is 12.1. The highest BCUT2D eigenvalue weighted by Gasteiger charge is 2.20. The number of aliphatic carboxylic acids is 1. The van der Waals surface area contributed by atoms with E-state index in [1.54, 1.807) is 12.4 Å². The molecule has 1 fully saturated rings. The maximum atomic E-state index is 11.0. The summed E-state index contributed by atoms with van der Waals surface area (Å²) in [7, 11) is 0. The summed E-state index contributed by atoms with van der Waals surface area (Å²) in [6.07, 6.45) is 10.6. The first-order valence-electron chi connectivity index (χ1n) is 8.96. The Kier molecular flexibility index (Phi) is 5.75. The van der Waals surface area contributed by atoms with E-state index in [4.69, 9.17) is 10.8 Å². The third kappa shape index (κ3) is 4.63. The van der Waals surface area contributed by atoms with Gasteiger partial charge < -0.3 is 10.8 Å². The van der Waals surface area contributed by atoms with Gasteiger partial charge in [0, 0.05) is 30.9 Å². The van der Waals surface area contributed by atoms with Crippen LogP contribution in [0.4, 0.5) is 0 Å². The lowest BCUT2D eigenvalue weighted by Crippen LogP contribution is -2.31. The van der Waals surface area contributed by atoms with Gasteiger partial charge in [-0.3, -0.25) is 9.78 Å². The van der Waals surface area contributed by atoms with Crippen LogP contribution in [0.15, 0.2) is 24.5 Å². The number of aryl methyl sites for hydroxylation is 1. The molecule has 0 unspecified atom stereocenters. The van der Waals surface area contributed by atoms with Gasteiger partial charge in [-0.25, -0.2) is 9.67 Å². The highest BCUT2D eigenvalue weighted by molar-refractivity contribution is 5.73. The van der Waals surface area contributed by atoms with E-state index in [9.17, 15) is 4.79 Å². The van der Waals surface area contributed by atoms with Crippen molar-refractivity contribution in [1.29, 1.82) is 0 Å². The Bertz CT molecular complexity index is 695. The Morgan fingerprint density at radius 3 is 2.68 bits per heavy atom. The fourth-order valence-corrected chi connectivity index (χ4v) is 3.35. The summed E-state index contributed by atoms with van der Waals surface area (Å²) in [4.78, 5) is 19.7. The molecule has 25 heavy (non-hydrogen) atoms. The summed E-state index contributed by atoms with van der Waals surface area (Å²) < 4.78 is 1.96. The Morgan fingerprint density at radius 2 is 2.00 bits per heavy atom. The molecule has 0 bridgehead atoms. The first-order valence-corrected chi connectivity index (χ1v) is 8.96. The average molecular weight is 343 g/mol. The van der Waals surface area contributed by atoms with Crippen molar-refractivity contribution < 1.29 is 9.90 Å². The summed E-state index contributed by atoms with van der Waals surface area (Å²) in [6, 6.07) is 2.89. The number of pyridine rings is 1. The van der Waals surface area contributed by atoms with Crippen molar-refractivity contribution in [3.05, 3.63) is 30.4 Å². The first kappa shape index (κ1) is 17.5. The van der Waals surface area contributed by atoms with Gasteiger partial charge >= 0.3 is 5.97 Å². The van der Waals surface area contributed by atoms with Crippen LogP contribution in [0, 0.1) is 5.92 Å². The molecule has 0 radical (unpaired) electrons. The van der Waals surface area contributed by atoms with Crippen LogP contribution in [-0.4, -0.2) is 36.9 Å². The number of hydrogen-bond acceptors (Lipinski definition) is 5. The molecule has 1 saturated carbocycles. The molecule has 0 spiro atoms. The second-order valence-corrected chi connectivity index (χ2v) is 6.76. The van der Waals surface area contributed by atoms with Crippen LogP contribution in [0.1, 0.15) is 44.3 Å². The SMILES string of the molecule is N[C@@H](CCc1nc(-c2ccncc2)nn1CC1CCCCC1)C(=O)O. The zero-order chi connectivity index (χ0) is 17.6. The van der Waals surface area contributed by atoms with E-state index in [2.05, 4.69) is 15.1 Å². The molecule has 7 heteroatoms. The van der Waals surface area contributed by atoms with Gasteiger partial charge in [-0.2, -0.15) is 5.10 Å².